The molecule has 1 fully saturated rings. The van der Waals surface area contributed by atoms with Crippen LogP contribution in [0.2, 0.25) is 0 Å². The molecule has 8 heteroatoms. The maximum Gasteiger partial charge on any atom is 0.449 e. The van der Waals surface area contributed by atoms with Gasteiger partial charge in [-0.15, -0.1) is 0 Å². The Bertz CT molecular complexity index is 538. The number of carbonyl (C=O) groups is 1. The van der Waals surface area contributed by atoms with E-state index in [1.165, 1.54) is 9.47 Å². The van der Waals surface area contributed by atoms with Gasteiger partial charge in [-0.2, -0.15) is 13.2 Å². The predicted molar refractivity (Wildman–Crippen MR) is 65.1 cm³/mol. The fraction of sp³-hybridized carbons (Fsp3) is 0.667. The van der Waals surface area contributed by atoms with Crippen LogP contribution in [0, 0.1) is 0 Å². The van der Waals surface area contributed by atoms with Crippen LogP contribution >= 0.6 is 0 Å². The number of aromatic nitrogens is 2. The first-order valence-electron chi connectivity index (χ1n) is 6.66. The van der Waals surface area contributed by atoms with Gasteiger partial charge in [-0.3, -0.25) is 9.69 Å². The van der Waals surface area contributed by atoms with E-state index in [4.69, 9.17) is 0 Å². The van der Waals surface area contributed by atoms with Crippen molar-refractivity contribution in [3.63, 3.8) is 0 Å². The Morgan fingerprint density at radius 2 is 2.00 bits per heavy atom. The maximum absolute atomic E-state index is 13.0. The van der Waals surface area contributed by atoms with Gasteiger partial charge in [-0.05, 0) is 12.8 Å². The number of fused-ring (bicyclic) bond motifs is 1. The topological polar surface area (TPSA) is 50.2 Å². The summed E-state index contributed by atoms with van der Waals surface area (Å²) >= 11 is 0. The minimum Gasteiger partial charge on any atom is -0.320 e. The second-order valence-corrected chi connectivity index (χ2v) is 5.03. The molecular weight excluding hydrogens is 273 g/mol. The molecule has 0 aliphatic carbocycles. The first kappa shape index (κ1) is 13.4. The van der Waals surface area contributed by atoms with E-state index in [0.29, 0.717) is 31.7 Å². The Labute approximate surface area is 113 Å². The SMILES string of the molecule is O=C1CCCCN1c1nc(C(F)(F)F)n2c1CNCC2. The molecule has 2 aliphatic rings. The summed E-state index contributed by atoms with van der Waals surface area (Å²) in [6, 6.07) is 0. The Morgan fingerprint density at radius 3 is 2.70 bits per heavy atom. The number of alkyl halides is 3. The van der Waals surface area contributed by atoms with E-state index in [9.17, 15) is 18.0 Å². The van der Waals surface area contributed by atoms with E-state index < -0.39 is 12.0 Å². The highest BCUT2D eigenvalue weighted by atomic mass is 19.4. The molecule has 5 nitrogen and oxygen atoms in total. The molecule has 0 atom stereocenters. The van der Waals surface area contributed by atoms with Crippen LogP contribution in [-0.2, 0) is 24.1 Å². The van der Waals surface area contributed by atoms with Gasteiger partial charge in [0.05, 0.1) is 5.69 Å². The molecule has 0 bridgehead atoms. The zero-order valence-corrected chi connectivity index (χ0v) is 10.8. The molecule has 0 spiro atoms. The number of halogens is 3. The molecule has 0 unspecified atom stereocenters. The molecule has 1 amide bonds. The fourth-order valence-electron chi connectivity index (χ4n) is 2.75. The number of anilines is 1. The zero-order chi connectivity index (χ0) is 14.3. The molecular formula is C12H15F3N4O. The van der Waals surface area contributed by atoms with Crippen molar-refractivity contribution in [2.75, 3.05) is 18.0 Å². The molecule has 1 saturated heterocycles. The van der Waals surface area contributed by atoms with Gasteiger partial charge in [0.1, 0.15) is 0 Å². The van der Waals surface area contributed by atoms with E-state index in [1.807, 2.05) is 0 Å². The average Bonchev–Trinajstić information content (AvgIpc) is 2.79. The molecule has 1 aromatic heterocycles. The summed E-state index contributed by atoms with van der Waals surface area (Å²) in [6.45, 7) is 1.45. The number of nitrogens with one attached hydrogen (secondary N) is 1. The molecule has 1 N–H and O–H groups in total. The highest BCUT2D eigenvalue weighted by molar-refractivity contribution is 5.93. The van der Waals surface area contributed by atoms with Crippen LogP contribution in [0.5, 0.6) is 0 Å². The van der Waals surface area contributed by atoms with Gasteiger partial charge in [0.25, 0.3) is 0 Å². The molecule has 1 aromatic rings. The third kappa shape index (κ3) is 2.17. The summed E-state index contributed by atoms with van der Waals surface area (Å²) in [5.74, 6) is -0.868. The summed E-state index contributed by atoms with van der Waals surface area (Å²) in [7, 11) is 0. The zero-order valence-electron chi connectivity index (χ0n) is 10.8. The van der Waals surface area contributed by atoms with Gasteiger partial charge in [0.15, 0.2) is 5.82 Å². The van der Waals surface area contributed by atoms with E-state index in [2.05, 4.69) is 10.3 Å². The Morgan fingerprint density at radius 1 is 1.20 bits per heavy atom. The van der Waals surface area contributed by atoms with Gasteiger partial charge in [-0.1, -0.05) is 0 Å². The lowest BCUT2D eigenvalue weighted by atomic mass is 10.1. The van der Waals surface area contributed by atoms with Crippen molar-refractivity contribution in [2.45, 2.75) is 38.5 Å². The molecule has 2 aliphatic heterocycles. The van der Waals surface area contributed by atoms with Crippen LogP contribution in [0.1, 0.15) is 30.8 Å². The minimum atomic E-state index is -4.50. The predicted octanol–water partition coefficient (Wildman–Crippen LogP) is 1.52. The summed E-state index contributed by atoms with van der Waals surface area (Å²) in [5.41, 5.74) is 0.457. The maximum atomic E-state index is 13.0. The third-order valence-corrected chi connectivity index (χ3v) is 3.69. The van der Waals surface area contributed by atoms with Crippen molar-refractivity contribution in [1.29, 1.82) is 0 Å². The first-order chi connectivity index (χ1) is 9.48. The quantitative estimate of drug-likeness (QED) is 0.852. The smallest absolute Gasteiger partial charge is 0.320 e. The van der Waals surface area contributed by atoms with E-state index >= 15 is 0 Å². The van der Waals surface area contributed by atoms with Gasteiger partial charge in [0.2, 0.25) is 11.7 Å². The first-order valence-corrected chi connectivity index (χ1v) is 6.66. The standard InChI is InChI=1S/C12H15F3N4O/c13-12(14,15)11-17-10(8-7-16-4-6-18(8)11)19-5-2-1-3-9(19)20/h16H,1-7H2. The average molecular weight is 288 g/mol. The molecule has 0 aromatic carbocycles. The van der Waals surface area contributed by atoms with Crippen molar-refractivity contribution in [3.8, 4) is 0 Å². The number of carbonyl (C=O) groups excluding carboxylic acids is 1. The second-order valence-electron chi connectivity index (χ2n) is 5.03. The molecule has 0 saturated carbocycles. The third-order valence-electron chi connectivity index (χ3n) is 3.69. The van der Waals surface area contributed by atoms with Crippen LogP contribution < -0.4 is 10.2 Å². The van der Waals surface area contributed by atoms with Crippen molar-refractivity contribution in [3.05, 3.63) is 11.5 Å². The number of amides is 1. The van der Waals surface area contributed by atoms with Crippen LogP contribution in [0.15, 0.2) is 0 Å². The molecule has 3 heterocycles. The van der Waals surface area contributed by atoms with E-state index in [0.717, 1.165) is 12.8 Å². The lowest BCUT2D eigenvalue weighted by Crippen LogP contribution is -2.37. The Balaban J connectivity index is 2.06. The highest BCUT2D eigenvalue weighted by Crippen LogP contribution is 2.35. The van der Waals surface area contributed by atoms with E-state index in [-0.39, 0.29) is 18.3 Å². The minimum absolute atomic E-state index is 0.142. The molecule has 0 radical (unpaired) electrons. The van der Waals surface area contributed by atoms with Gasteiger partial charge in [-0.25, -0.2) is 4.98 Å². The number of hydrogen-bond donors (Lipinski definition) is 1. The number of hydrogen-bond acceptors (Lipinski definition) is 3. The van der Waals surface area contributed by atoms with E-state index in [1.54, 1.807) is 0 Å². The number of piperidine rings is 1. The van der Waals surface area contributed by atoms with Crippen LogP contribution in [0.25, 0.3) is 0 Å². The lowest BCUT2D eigenvalue weighted by Gasteiger charge is -2.27. The summed E-state index contributed by atoms with van der Waals surface area (Å²) < 4.78 is 40.3. The van der Waals surface area contributed by atoms with Gasteiger partial charge in [0, 0.05) is 32.6 Å². The van der Waals surface area contributed by atoms with Crippen LogP contribution in [0.4, 0.5) is 19.0 Å². The second kappa shape index (κ2) is 4.76. The molecule has 110 valence electrons. The Kier molecular flexibility index (Phi) is 3.19. The monoisotopic (exact) mass is 288 g/mol. The number of nitrogens with zero attached hydrogens (tertiary/aromatic N) is 3. The van der Waals surface area contributed by atoms with Crippen molar-refractivity contribution >= 4 is 11.7 Å². The lowest BCUT2D eigenvalue weighted by molar-refractivity contribution is -0.147. The van der Waals surface area contributed by atoms with Crippen molar-refractivity contribution in [2.24, 2.45) is 0 Å². The highest BCUT2D eigenvalue weighted by Gasteiger charge is 2.41. The van der Waals surface area contributed by atoms with Crippen molar-refractivity contribution < 1.29 is 18.0 Å². The van der Waals surface area contributed by atoms with Gasteiger partial charge < -0.3 is 9.88 Å². The molecule has 20 heavy (non-hydrogen) atoms. The number of rotatable bonds is 1. The fourth-order valence-corrected chi connectivity index (χ4v) is 2.75. The number of imidazole rings is 1. The summed E-state index contributed by atoms with van der Waals surface area (Å²) in [6.07, 6.45) is -2.53. The van der Waals surface area contributed by atoms with Crippen molar-refractivity contribution in [1.82, 2.24) is 14.9 Å². The van der Waals surface area contributed by atoms with Crippen LogP contribution in [-0.4, -0.2) is 28.5 Å². The normalized spacial score (nSPS) is 20.1. The summed E-state index contributed by atoms with van der Waals surface area (Å²) in [4.78, 5) is 17.1. The van der Waals surface area contributed by atoms with Crippen LogP contribution in [0.3, 0.4) is 0 Å². The Hall–Kier alpha value is -1.57. The molecule has 3 rings (SSSR count). The van der Waals surface area contributed by atoms with Gasteiger partial charge >= 0.3 is 6.18 Å². The summed E-state index contributed by atoms with van der Waals surface area (Å²) in [5, 5.41) is 3.03. The largest absolute Gasteiger partial charge is 0.449 e.